The highest BCUT2D eigenvalue weighted by molar-refractivity contribution is 5.78. The van der Waals surface area contributed by atoms with E-state index in [4.69, 9.17) is 4.74 Å². The Morgan fingerprint density at radius 2 is 2.00 bits per heavy atom. The van der Waals surface area contributed by atoms with Crippen molar-refractivity contribution in [3.63, 3.8) is 0 Å². The summed E-state index contributed by atoms with van der Waals surface area (Å²) in [6, 6.07) is 0. The molecule has 0 radical (unpaired) electrons. The van der Waals surface area contributed by atoms with Crippen LogP contribution in [0.25, 0.3) is 0 Å². The molecule has 1 amide bonds. The van der Waals surface area contributed by atoms with Crippen molar-refractivity contribution in [3.05, 3.63) is 0 Å². The first kappa shape index (κ1) is 16.4. The number of likely N-dealkylation sites (N-methyl/N-ethyl adjacent to an activating group) is 1. The van der Waals surface area contributed by atoms with Crippen molar-refractivity contribution in [2.75, 3.05) is 33.4 Å². The van der Waals surface area contributed by atoms with Crippen molar-refractivity contribution in [2.24, 2.45) is 0 Å². The molecule has 0 bridgehead atoms. The lowest BCUT2D eigenvalue weighted by Gasteiger charge is -2.35. The molecule has 1 aliphatic rings. The van der Waals surface area contributed by atoms with E-state index in [9.17, 15) is 9.90 Å². The van der Waals surface area contributed by atoms with Gasteiger partial charge < -0.3 is 15.2 Å². The van der Waals surface area contributed by atoms with E-state index in [0.29, 0.717) is 39.1 Å². The van der Waals surface area contributed by atoms with Gasteiger partial charge >= 0.3 is 0 Å². The molecule has 1 heterocycles. The zero-order chi connectivity index (χ0) is 14.5. The number of rotatable bonds is 6. The molecule has 1 fully saturated rings. The second-order valence-corrected chi connectivity index (χ2v) is 6.29. The number of ether oxygens (including phenoxy) is 1. The lowest BCUT2D eigenvalue weighted by molar-refractivity contribution is -0.125. The minimum atomic E-state index is -0.715. The summed E-state index contributed by atoms with van der Waals surface area (Å²) in [6.45, 7) is 8.09. The average Bonchev–Trinajstić information content (AvgIpc) is 2.27. The smallest absolute Gasteiger partial charge is 0.234 e. The molecule has 1 aliphatic heterocycles. The number of nitrogens with one attached hydrogen (secondary N) is 1. The molecule has 0 aromatic heterocycles. The first-order chi connectivity index (χ1) is 8.76. The van der Waals surface area contributed by atoms with Crippen LogP contribution in [0.3, 0.4) is 0 Å². The lowest BCUT2D eigenvalue weighted by Crippen LogP contribution is -2.50. The van der Waals surface area contributed by atoms with E-state index >= 15 is 0 Å². The van der Waals surface area contributed by atoms with Crippen LogP contribution in [0.15, 0.2) is 0 Å². The van der Waals surface area contributed by atoms with Gasteiger partial charge in [0, 0.05) is 38.1 Å². The number of carbonyl (C=O) groups is 1. The number of nitrogens with zero attached hydrogens (tertiary/aromatic N) is 1. The van der Waals surface area contributed by atoms with Gasteiger partial charge in [0.25, 0.3) is 0 Å². The van der Waals surface area contributed by atoms with E-state index in [1.165, 1.54) is 0 Å². The molecule has 1 saturated heterocycles. The molecular weight excluding hydrogens is 244 g/mol. The van der Waals surface area contributed by atoms with E-state index in [1.54, 1.807) is 0 Å². The van der Waals surface area contributed by atoms with Gasteiger partial charge in [-0.05, 0) is 27.3 Å². The molecule has 0 saturated carbocycles. The molecular formula is C14H28N2O3. The van der Waals surface area contributed by atoms with Crippen LogP contribution in [0.2, 0.25) is 0 Å². The van der Waals surface area contributed by atoms with Crippen molar-refractivity contribution in [2.45, 2.75) is 51.2 Å². The van der Waals surface area contributed by atoms with Crippen LogP contribution >= 0.6 is 0 Å². The van der Waals surface area contributed by atoms with Crippen LogP contribution in [-0.2, 0) is 9.53 Å². The summed E-state index contributed by atoms with van der Waals surface area (Å²) in [5, 5.41) is 13.4. The highest BCUT2D eigenvalue weighted by Crippen LogP contribution is 2.21. The van der Waals surface area contributed by atoms with E-state index in [2.05, 4.69) is 12.2 Å². The fourth-order valence-electron chi connectivity index (χ4n) is 2.22. The molecule has 0 spiro atoms. The predicted molar refractivity (Wildman–Crippen MR) is 75.0 cm³/mol. The zero-order valence-corrected chi connectivity index (χ0v) is 12.7. The number of hydrogen-bond donors (Lipinski definition) is 2. The first-order valence-corrected chi connectivity index (χ1v) is 7.06. The Bertz CT molecular complexity index is 299. The monoisotopic (exact) mass is 272 g/mol. The highest BCUT2D eigenvalue weighted by Gasteiger charge is 2.31. The fraction of sp³-hybridized carbons (Fsp3) is 0.929. The molecule has 1 rings (SSSR count). The van der Waals surface area contributed by atoms with Gasteiger partial charge in [-0.1, -0.05) is 6.92 Å². The minimum absolute atomic E-state index is 0.00464. The molecule has 0 aromatic rings. The van der Waals surface area contributed by atoms with Crippen LogP contribution in [-0.4, -0.2) is 60.4 Å². The van der Waals surface area contributed by atoms with Crippen molar-refractivity contribution >= 4 is 5.91 Å². The predicted octanol–water partition coefficient (Wildman–Crippen LogP) is 0.764. The van der Waals surface area contributed by atoms with Gasteiger partial charge in [0.05, 0.1) is 12.1 Å². The second-order valence-electron chi connectivity index (χ2n) is 6.29. The Labute approximate surface area is 116 Å². The average molecular weight is 272 g/mol. The highest BCUT2D eigenvalue weighted by atomic mass is 16.5. The topological polar surface area (TPSA) is 61.8 Å². The summed E-state index contributed by atoms with van der Waals surface area (Å²) < 4.78 is 5.25. The standard InChI is InChI=1S/C14H28N2O3/c1-5-13(2,3)15-12(17)10-16(4)11-14(18)6-8-19-9-7-14/h18H,5-11H2,1-4H3,(H,15,17). The Morgan fingerprint density at radius 3 is 2.53 bits per heavy atom. The quantitative estimate of drug-likeness (QED) is 0.749. The third-order valence-electron chi connectivity index (χ3n) is 3.76. The van der Waals surface area contributed by atoms with Gasteiger partial charge in [-0.2, -0.15) is 0 Å². The molecule has 0 unspecified atom stereocenters. The van der Waals surface area contributed by atoms with Crippen LogP contribution in [0.4, 0.5) is 0 Å². The van der Waals surface area contributed by atoms with Crippen LogP contribution in [0.5, 0.6) is 0 Å². The summed E-state index contributed by atoms with van der Waals surface area (Å²) in [4.78, 5) is 13.8. The number of carbonyl (C=O) groups excluding carboxylic acids is 1. The SMILES string of the molecule is CCC(C)(C)NC(=O)CN(C)CC1(O)CCOCC1. The van der Waals surface area contributed by atoms with Crippen LogP contribution in [0, 0.1) is 0 Å². The number of hydrogen-bond acceptors (Lipinski definition) is 4. The third-order valence-corrected chi connectivity index (χ3v) is 3.76. The largest absolute Gasteiger partial charge is 0.388 e. The maximum atomic E-state index is 11.9. The van der Waals surface area contributed by atoms with Gasteiger partial charge in [-0.25, -0.2) is 0 Å². The second kappa shape index (κ2) is 6.68. The summed E-state index contributed by atoms with van der Waals surface area (Å²) in [7, 11) is 1.87. The maximum Gasteiger partial charge on any atom is 0.234 e. The lowest BCUT2D eigenvalue weighted by atomic mass is 9.94. The summed E-state index contributed by atoms with van der Waals surface area (Å²) in [5.74, 6) is 0.00464. The van der Waals surface area contributed by atoms with Gasteiger partial charge in [0.2, 0.25) is 5.91 Å². The van der Waals surface area contributed by atoms with Crippen molar-refractivity contribution < 1.29 is 14.6 Å². The van der Waals surface area contributed by atoms with Crippen LogP contribution in [0.1, 0.15) is 40.0 Å². The first-order valence-electron chi connectivity index (χ1n) is 7.06. The van der Waals surface area contributed by atoms with Crippen molar-refractivity contribution in [1.82, 2.24) is 10.2 Å². The van der Waals surface area contributed by atoms with Gasteiger partial charge in [0.1, 0.15) is 0 Å². The molecule has 0 atom stereocenters. The summed E-state index contributed by atoms with van der Waals surface area (Å²) in [6.07, 6.45) is 2.17. The Kier molecular flexibility index (Phi) is 5.77. The van der Waals surface area contributed by atoms with Gasteiger partial charge in [-0.3, -0.25) is 9.69 Å². The van der Waals surface area contributed by atoms with Crippen molar-refractivity contribution in [3.8, 4) is 0 Å². The summed E-state index contributed by atoms with van der Waals surface area (Å²) >= 11 is 0. The van der Waals surface area contributed by atoms with Gasteiger partial charge in [0.15, 0.2) is 0 Å². The minimum Gasteiger partial charge on any atom is -0.388 e. The zero-order valence-electron chi connectivity index (χ0n) is 12.7. The van der Waals surface area contributed by atoms with E-state index in [-0.39, 0.29) is 11.4 Å². The van der Waals surface area contributed by atoms with E-state index < -0.39 is 5.60 Å². The van der Waals surface area contributed by atoms with E-state index in [0.717, 1.165) is 6.42 Å². The molecule has 112 valence electrons. The molecule has 2 N–H and O–H groups in total. The molecule has 19 heavy (non-hydrogen) atoms. The fourth-order valence-corrected chi connectivity index (χ4v) is 2.22. The molecule has 5 nitrogen and oxygen atoms in total. The third kappa shape index (κ3) is 5.89. The maximum absolute atomic E-state index is 11.9. The normalized spacial score (nSPS) is 19.5. The Balaban J connectivity index is 2.38. The van der Waals surface area contributed by atoms with Crippen molar-refractivity contribution in [1.29, 1.82) is 0 Å². The molecule has 0 aromatic carbocycles. The van der Waals surface area contributed by atoms with Crippen LogP contribution < -0.4 is 5.32 Å². The number of amides is 1. The number of aliphatic hydroxyl groups is 1. The van der Waals surface area contributed by atoms with E-state index in [1.807, 2.05) is 25.8 Å². The van der Waals surface area contributed by atoms with Gasteiger partial charge in [-0.15, -0.1) is 0 Å². The Hall–Kier alpha value is -0.650. The Morgan fingerprint density at radius 1 is 1.42 bits per heavy atom. The molecule has 0 aliphatic carbocycles. The molecule has 5 heteroatoms. The summed E-state index contributed by atoms with van der Waals surface area (Å²) in [5.41, 5.74) is -0.888.